The normalized spacial score (nSPS) is 19.2. The standard InChI is InChI=1S/C21H28N4OS/c26-21(17-5-1-2-6-17)23-18-8-9-20(22-15-18)25-11-4-10-24(12-13-25)16-19-7-3-14-27-19/h3,7-9,14-15,17H,1-2,4-6,10-13,16H2,(H,23,26). The van der Waals surface area contributed by atoms with Crippen LogP contribution in [-0.4, -0.2) is 42.0 Å². The van der Waals surface area contributed by atoms with Crippen molar-refractivity contribution in [2.45, 2.75) is 38.6 Å². The van der Waals surface area contributed by atoms with E-state index in [0.717, 1.165) is 63.5 Å². The number of thiophene rings is 1. The highest BCUT2D eigenvalue weighted by Gasteiger charge is 2.23. The summed E-state index contributed by atoms with van der Waals surface area (Å²) in [4.78, 5) is 23.2. The summed E-state index contributed by atoms with van der Waals surface area (Å²) in [6.07, 6.45) is 7.34. The van der Waals surface area contributed by atoms with Gasteiger partial charge in [0.2, 0.25) is 5.91 Å². The number of pyridine rings is 1. The van der Waals surface area contributed by atoms with Gasteiger partial charge in [0.1, 0.15) is 5.82 Å². The first-order valence-corrected chi connectivity index (χ1v) is 10.9. The van der Waals surface area contributed by atoms with Gasteiger partial charge < -0.3 is 10.2 Å². The summed E-state index contributed by atoms with van der Waals surface area (Å²) in [5.41, 5.74) is 0.810. The van der Waals surface area contributed by atoms with Gasteiger partial charge in [-0.15, -0.1) is 11.3 Å². The van der Waals surface area contributed by atoms with Gasteiger partial charge in [-0.25, -0.2) is 4.98 Å². The van der Waals surface area contributed by atoms with E-state index in [1.54, 1.807) is 6.20 Å². The van der Waals surface area contributed by atoms with Crippen LogP contribution in [0.25, 0.3) is 0 Å². The van der Waals surface area contributed by atoms with E-state index in [9.17, 15) is 4.79 Å². The Morgan fingerprint density at radius 1 is 1.11 bits per heavy atom. The average Bonchev–Trinajstić information content (AvgIpc) is 3.35. The van der Waals surface area contributed by atoms with Crippen LogP contribution in [0.3, 0.4) is 0 Å². The van der Waals surface area contributed by atoms with E-state index in [-0.39, 0.29) is 11.8 Å². The molecule has 3 heterocycles. The Morgan fingerprint density at radius 3 is 2.74 bits per heavy atom. The summed E-state index contributed by atoms with van der Waals surface area (Å²) >= 11 is 1.83. The van der Waals surface area contributed by atoms with Crippen molar-refractivity contribution in [3.8, 4) is 0 Å². The van der Waals surface area contributed by atoms with Crippen molar-refractivity contribution >= 4 is 28.7 Å². The molecule has 2 aromatic rings. The van der Waals surface area contributed by atoms with Crippen LogP contribution in [0.15, 0.2) is 35.8 Å². The molecule has 1 N–H and O–H groups in total. The van der Waals surface area contributed by atoms with E-state index < -0.39 is 0 Å². The second kappa shape index (κ2) is 8.85. The lowest BCUT2D eigenvalue weighted by molar-refractivity contribution is -0.119. The minimum atomic E-state index is 0.154. The number of hydrogen-bond acceptors (Lipinski definition) is 5. The van der Waals surface area contributed by atoms with Gasteiger partial charge in [-0.1, -0.05) is 18.9 Å². The van der Waals surface area contributed by atoms with Crippen molar-refractivity contribution in [2.24, 2.45) is 5.92 Å². The van der Waals surface area contributed by atoms with Gasteiger partial charge in [0.15, 0.2) is 0 Å². The Morgan fingerprint density at radius 2 is 2.00 bits per heavy atom. The molecule has 5 nitrogen and oxygen atoms in total. The molecule has 4 rings (SSSR count). The lowest BCUT2D eigenvalue weighted by Gasteiger charge is -2.22. The number of rotatable bonds is 5. The number of amides is 1. The maximum atomic E-state index is 12.3. The molecule has 1 aliphatic carbocycles. The summed E-state index contributed by atoms with van der Waals surface area (Å²) in [6, 6.07) is 8.37. The van der Waals surface area contributed by atoms with E-state index in [0.29, 0.717) is 0 Å². The molecule has 0 aromatic carbocycles. The Bertz CT molecular complexity index is 725. The van der Waals surface area contributed by atoms with Crippen molar-refractivity contribution in [2.75, 3.05) is 36.4 Å². The summed E-state index contributed by atoms with van der Waals surface area (Å²) in [5, 5.41) is 5.18. The fraction of sp³-hybridized carbons (Fsp3) is 0.524. The number of nitrogens with zero attached hydrogens (tertiary/aromatic N) is 3. The van der Waals surface area contributed by atoms with Gasteiger partial charge in [-0.05, 0) is 42.8 Å². The predicted molar refractivity (Wildman–Crippen MR) is 111 cm³/mol. The Hall–Kier alpha value is -1.92. The zero-order chi connectivity index (χ0) is 18.5. The monoisotopic (exact) mass is 384 g/mol. The van der Waals surface area contributed by atoms with Crippen LogP contribution in [0.5, 0.6) is 0 Å². The van der Waals surface area contributed by atoms with Gasteiger partial charge in [0, 0.05) is 43.5 Å². The maximum Gasteiger partial charge on any atom is 0.227 e. The summed E-state index contributed by atoms with van der Waals surface area (Å²) in [5.74, 6) is 1.34. The lowest BCUT2D eigenvalue weighted by Crippen LogP contribution is -2.30. The molecule has 0 unspecified atom stereocenters. The third kappa shape index (κ3) is 4.87. The minimum absolute atomic E-state index is 0.154. The zero-order valence-electron chi connectivity index (χ0n) is 15.8. The molecule has 0 radical (unpaired) electrons. The van der Waals surface area contributed by atoms with Crippen molar-refractivity contribution in [3.63, 3.8) is 0 Å². The van der Waals surface area contributed by atoms with Crippen LogP contribution in [0.2, 0.25) is 0 Å². The smallest absolute Gasteiger partial charge is 0.227 e. The predicted octanol–water partition coefficient (Wildman–Crippen LogP) is 3.98. The Labute approximate surface area is 165 Å². The van der Waals surface area contributed by atoms with Gasteiger partial charge in [0.05, 0.1) is 11.9 Å². The minimum Gasteiger partial charge on any atom is -0.355 e. The second-order valence-corrected chi connectivity index (χ2v) is 8.60. The molecular weight excluding hydrogens is 356 g/mol. The van der Waals surface area contributed by atoms with Crippen LogP contribution in [-0.2, 0) is 11.3 Å². The molecule has 2 aromatic heterocycles. The highest BCUT2D eigenvalue weighted by Crippen LogP contribution is 2.26. The van der Waals surface area contributed by atoms with Crippen molar-refractivity contribution in [1.29, 1.82) is 0 Å². The molecule has 1 aliphatic heterocycles. The summed E-state index contributed by atoms with van der Waals surface area (Å²) in [6.45, 7) is 5.25. The van der Waals surface area contributed by atoms with Crippen LogP contribution in [0, 0.1) is 5.92 Å². The quantitative estimate of drug-likeness (QED) is 0.847. The summed E-state index contributed by atoms with van der Waals surface area (Å²) < 4.78 is 0. The molecule has 0 spiro atoms. The lowest BCUT2D eigenvalue weighted by atomic mass is 10.1. The number of aromatic nitrogens is 1. The highest BCUT2D eigenvalue weighted by molar-refractivity contribution is 7.09. The van der Waals surface area contributed by atoms with Crippen molar-refractivity contribution in [3.05, 3.63) is 40.7 Å². The van der Waals surface area contributed by atoms with Gasteiger partial charge >= 0.3 is 0 Å². The van der Waals surface area contributed by atoms with Gasteiger partial charge in [-0.2, -0.15) is 0 Å². The molecule has 6 heteroatoms. The van der Waals surface area contributed by atoms with Gasteiger partial charge in [0.25, 0.3) is 0 Å². The highest BCUT2D eigenvalue weighted by atomic mass is 32.1. The van der Waals surface area contributed by atoms with E-state index in [1.165, 1.54) is 17.7 Å². The average molecular weight is 385 g/mol. The van der Waals surface area contributed by atoms with Crippen molar-refractivity contribution < 1.29 is 4.79 Å². The number of carbonyl (C=O) groups is 1. The number of hydrogen-bond donors (Lipinski definition) is 1. The molecule has 0 atom stereocenters. The largest absolute Gasteiger partial charge is 0.355 e. The molecule has 144 valence electrons. The molecule has 1 amide bonds. The SMILES string of the molecule is O=C(Nc1ccc(N2CCCN(Cc3cccs3)CC2)nc1)C1CCCC1. The number of anilines is 2. The Balaban J connectivity index is 1.31. The molecule has 1 saturated heterocycles. The van der Waals surface area contributed by atoms with Crippen molar-refractivity contribution in [1.82, 2.24) is 9.88 Å². The molecule has 2 aliphatic rings. The second-order valence-electron chi connectivity index (χ2n) is 7.57. The molecule has 2 fully saturated rings. The van der Waals surface area contributed by atoms with E-state index in [1.807, 2.05) is 23.5 Å². The van der Waals surface area contributed by atoms with Crippen LogP contribution in [0.1, 0.15) is 37.0 Å². The fourth-order valence-electron chi connectivity index (χ4n) is 4.06. The summed E-state index contributed by atoms with van der Waals surface area (Å²) in [7, 11) is 0. The van der Waals surface area contributed by atoms with E-state index >= 15 is 0 Å². The van der Waals surface area contributed by atoms with Gasteiger partial charge in [-0.3, -0.25) is 9.69 Å². The number of carbonyl (C=O) groups excluding carboxylic acids is 1. The molecular formula is C21H28N4OS. The topological polar surface area (TPSA) is 48.5 Å². The number of nitrogens with one attached hydrogen (secondary N) is 1. The Kier molecular flexibility index (Phi) is 6.04. The van der Waals surface area contributed by atoms with E-state index in [2.05, 4.69) is 37.6 Å². The first-order valence-electron chi connectivity index (χ1n) is 10.0. The molecule has 0 bridgehead atoms. The fourth-order valence-corrected chi connectivity index (χ4v) is 4.81. The third-order valence-corrected chi connectivity index (χ3v) is 6.47. The molecule has 1 saturated carbocycles. The van der Waals surface area contributed by atoms with Crippen LogP contribution in [0.4, 0.5) is 11.5 Å². The van der Waals surface area contributed by atoms with Crippen LogP contribution >= 0.6 is 11.3 Å². The third-order valence-electron chi connectivity index (χ3n) is 5.61. The maximum absolute atomic E-state index is 12.3. The zero-order valence-corrected chi connectivity index (χ0v) is 16.6. The van der Waals surface area contributed by atoms with Crippen LogP contribution < -0.4 is 10.2 Å². The molecule has 27 heavy (non-hydrogen) atoms. The van der Waals surface area contributed by atoms with E-state index in [4.69, 9.17) is 0 Å². The first kappa shape index (κ1) is 18.4. The first-order chi connectivity index (χ1) is 13.3.